The van der Waals surface area contributed by atoms with Gasteiger partial charge in [-0.1, -0.05) is 18.2 Å². The topological polar surface area (TPSA) is 78.3 Å². The van der Waals surface area contributed by atoms with Crippen LogP contribution in [0.25, 0.3) is 10.9 Å². The number of carbonyl (C=O) groups is 1. The van der Waals surface area contributed by atoms with Gasteiger partial charge in [0.05, 0.1) is 17.3 Å². The van der Waals surface area contributed by atoms with E-state index in [-0.39, 0.29) is 12.5 Å². The van der Waals surface area contributed by atoms with E-state index in [0.29, 0.717) is 15.9 Å². The van der Waals surface area contributed by atoms with Gasteiger partial charge in [0.1, 0.15) is 17.5 Å². The normalized spacial score (nSPS) is 12.5. The summed E-state index contributed by atoms with van der Waals surface area (Å²) in [6.07, 6.45) is 1.50. The van der Waals surface area contributed by atoms with E-state index >= 15 is 0 Å². The molecule has 3 rings (SSSR count). The van der Waals surface area contributed by atoms with Crippen LogP contribution in [-0.2, 0) is 0 Å². The van der Waals surface area contributed by atoms with Crippen LogP contribution in [0.5, 0.6) is 0 Å². The number of rotatable bonds is 4. The highest BCUT2D eigenvalue weighted by Gasteiger charge is 2.21. The molecule has 1 amide bonds. The van der Waals surface area contributed by atoms with Crippen LogP contribution in [0.2, 0.25) is 0 Å². The van der Waals surface area contributed by atoms with Crippen LogP contribution in [0.15, 0.2) is 51.6 Å². The smallest absolute Gasteiger partial charge is 0.269 e. The fourth-order valence-electron chi connectivity index (χ4n) is 2.19. The number of hydrogen-bond donors (Lipinski definition) is 3. The maximum atomic E-state index is 12.4. The monoisotopic (exact) mass is 348 g/mol. The van der Waals surface area contributed by atoms with Crippen molar-refractivity contribution in [2.24, 2.45) is 0 Å². The van der Waals surface area contributed by atoms with Gasteiger partial charge in [0.2, 0.25) is 0 Å². The predicted molar refractivity (Wildman–Crippen MR) is 82.0 cm³/mol. The van der Waals surface area contributed by atoms with Crippen molar-refractivity contribution < 1.29 is 14.3 Å². The Hall–Kier alpha value is -2.05. The van der Waals surface area contributed by atoms with E-state index in [9.17, 15) is 9.90 Å². The second-order valence-corrected chi connectivity index (χ2v) is 5.38. The summed E-state index contributed by atoms with van der Waals surface area (Å²) in [5.74, 6) is 0.201. The molecule has 0 radical (unpaired) electrons. The molecule has 3 aromatic rings. The van der Waals surface area contributed by atoms with Crippen molar-refractivity contribution in [1.29, 1.82) is 0 Å². The number of hydrogen-bond acceptors (Lipinski definition) is 3. The van der Waals surface area contributed by atoms with Gasteiger partial charge in [0.25, 0.3) is 5.91 Å². The third-order valence-electron chi connectivity index (χ3n) is 3.24. The van der Waals surface area contributed by atoms with Gasteiger partial charge >= 0.3 is 0 Å². The van der Waals surface area contributed by atoms with E-state index < -0.39 is 6.04 Å². The molecule has 0 fully saturated rings. The lowest BCUT2D eigenvalue weighted by atomic mass is 10.2. The first-order valence-corrected chi connectivity index (χ1v) is 7.21. The molecule has 2 aromatic heterocycles. The SMILES string of the molecule is O=C(NC(CO)c1ccco1)c1[nH]c2ccccc2c1Br. The Kier molecular flexibility index (Phi) is 3.81. The minimum atomic E-state index is -0.578. The number of aromatic amines is 1. The predicted octanol–water partition coefficient (Wildman–Crippen LogP) is 2.99. The van der Waals surface area contributed by atoms with Gasteiger partial charge in [0.15, 0.2) is 0 Å². The number of amides is 1. The van der Waals surface area contributed by atoms with Crippen molar-refractivity contribution in [1.82, 2.24) is 10.3 Å². The van der Waals surface area contributed by atoms with Crippen LogP contribution in [0.1, 0.15) is 22.3 Å². The van der Waals surface area contributed by atoms with E-state index in [2.05, 4.69) is 26.2 Å². The molecule has 0 saturated carbocycles. The summed E-state index contributed by atoms with van der Waals surface area (Å²) in [6, 6.07) is 10.5. The maximum Gasteiger partial charge on any atom is 0.269 e. The fraction of sp³-hybridized carbons (Fsp3) is 0.133. The second-order valence-electron chi connectivity index (χ2n) is 4.58. The molecule has 1 aromatic carbocycles. The van der Waals surface area contributed by atoms with Crippen LogP contribution >= 0.6 is 15.9 Å². The van der Waals surface area contributed by atoms with E-state index in [4.69, 9.17) is 4.42 Å². The number of aliphatic hydroxyl groups excluding tert-OH is 1. The Labute approximate surface area is 129 Å². The van der Waals surface area contributed by atoms with Gasteiger partial charge < -0.3 is 19.8 Å². The molecule has 2 heterocycles. The van der Waals surface area contributed by atoms with Crippen LogP contribution in [0, 0.1) is 0 Å². The summed E-state index contributed by atoms with van der Waals surface area (Å²) in [5.41, 5.74) is 1.29. The van der Waals surface area contributed by atoms with Crippen LogP contribution in [0.3, 0.4) is 0 Å². The number of aliphatic hydroxyl groups is 1. The average Bonchev–Trinajstić information content (AvgIpc) is 3.13. The summed E-state index contributed by atoms with van der Waals surface area (Å²) in [4.78, 5) is 15.4. The van der Waals surface area contributed by atoms with Crippen molar-refractivity contribution in [3.05, 3.63) is 58.6 Å². The number of benzene rings is 1. The van der Waals surface area contributed by atoms with Gasteiger partial charge in [-0.15, -0.1) is 0 Å². The molecule has 0 spiro atoms. The molecule has 0 aliphatic heterocycles. The Morgan fingerprint density at radius 3 is 2.81 bits per heavy atom. The van der Waals surface area contributed by atoms with Gasteiger partial charge in [-0.25, -0.2) is 0 Å². The summed E-state index contributed by atoms with van der Waals surface area (Å²) < 4.78 is 5.92. The molecule has 0 aliphatic rings. The van der Waals surface area contributed by atoms with Crippen LogP contribution in [-0.4, -0.2) is 22.6 Å². The van der Waals surface area contributed by atoms with Crippen LogP contribution in [0.4, 0.5) is 0 Å². The minimum Gasteiger partial charge on any atom is -0.467 e. The molecule has 6 heteroatoms. The van der Waals surface area contributed by atoms with Crippen molar-refractivity contribution >= 4 is 32.7 Å². The Balaban J connectivity index is 1.88. The largest absolute Gasteiger partial charge is 0.467 e. The molecule has 1 unspecified atom stereocenters. The van der Waals surface area contributed by atoms with Crippen molar-refractivity contribution in [3.8, 4) is 0 Å². The van der Waals surface area contributed by atoms with Crippen LogP contribution < -0.4 is 5.32 Å². The summed E-state index contributed by atoms with van der Waals surface area (Å²) in [5, 5.41) is 13.1. The Bertz CT molecular complexity index is 764. The van der Waals surface area contributed by atoms with E-state index in [1.807, 2.05) is 24.3 Å². The summed E-state index contributed by atoms with van der Waals surface area (Å²) >= 11 is 3.44. The minimum absolute atomic E-state index is 0.239. The Morgan fingerprint density at radius 2 is 2.14 bits per heavy atom. The first-order valence-electron chi connectivity index (χ1n) is 6.42. The third kappa shape index (κ3) is 2.59. The van der Waals surface area contributed by atoms with Gasteiger partial charge in [0, 0.05) is 10.9 Å². The van der Waals surface area contributed by atoms with Gasteiger partial charge in [-0.2, -0.15) is 0 Å². The number of fused-ring (bicyclic) bond motifs is 1. The van der Waals surface area contributed by atoms with E-state index in [1.54, 1.807) is 12.1 Å². The number of para-hydroxylation sites is 1. The maximum absolute atomic E-state index is 12.4. The Morgan fingerprint density at radius 1 is 1.33 bits per heavy atom. The molecule has 0 bridgehead atoms. The zero-order valence-corrected chi connectivity index (χ0v) is 12.6. The zero-order chi connectivity index (χ0) is 14.8. The molecular weight excluding hydrogens is 336 g/mol. The molecule has 5 nitrogen and oxygen atoms in total. The number of nitrogens with one attached hydrogen (secondary N) is 2. The highest BCUT2D eigenvalue weighted by atomic mass is 79.9. The zero-order valence-electron chi connectivity index (χ0n) is 11.0. The average molecular weight is 349 g/mol. The third-order valence-corrected chi connectivity index (χ3v) is 4.07. The molecule has 0 saturated heterocycles. The highest BCUT2D eigenvalue weighted by molar-refractivity contribution is 9.10. The molecule has 3 N–H and O–H groups in total. The highest BCUT2D eigenvalue weighted by Crippen LogP contribution is 2.28. The number of carbonyl (C=O) groups excluding carboxylic acids is 1. The van der Waals surface area contributed by atoms with Crippen molar-refractivity contribution in [2.45, 2.75) is 6.04 Å². The quantitative estimate of drug-likeness (QED) is 0.678. The van der Waals surface area contributed by atoms with Gasteiger partial charge in [-0.05, 0) is 34.1 Å². The fourth-order valence-corrected chi connectivity index (χ4v) is 2.82. The molecule has 1 atom stereocenters. The lowest BCUT2D eigenvalue weighted by molar-refractivity contribution is 0.0902. The number of H-pyrrole nitrogens is 1. The van der Waals surface area contributed by atoms with E-state index in [0.717, 1.165) is 10.9 Å². The molecular formula is C15H13BrN2O3. The second kappa shape index (κ2) is 5.75. The number of halogens is 1. The first kappa shape index (κ1) is 13.9. The molecule has 0 aliphatic carbocycles. The van der Waals surface area contributed by atoms with Gasteiger partial charge in [-0.3, -0.25) is 4.79 Å². The number of aromatic nitrogens is 1. The summed E-state index contributed by atoms with van der Waals surface area (Å²) in [7, 11) is 0. The summed E-state index contributed by atoms with van der Waals surface area (Å²) in [6.45, 7) is -0.239. The first-order chi connectivity index (χ1) is 10.2. The standard InChI is InChI=1S/C15H13BrN2O3/c16-13-9-4-1-2-5-10(9)17-14(13)15(20)18-11(8-19)12-6-3-7-21-12/h1-7,11,17,19H,8H2,(H,18,20). The van der Waals surface area contributed by atoms with Crippen molar-refractivity contribution in [2.75, 3.05) is 6.61 Å². The lowest BCUT2D eigenvalue weighted by Crippen LogP contribution is -2.31. The number of furan rings is 1. The molecule has 21 heavy (non-hydrogen) atoms. The van der Waals surface area contributed by atoms with E-state index in [1.165, 1.54) is 6.26 Å². The van der Waals surface area contributed by atoms with Crippen molar-refractivity contribution in [3.63, 3.8) is 0 Å². The lowest BCUT2D eigenvalue weighted by Gasteiger charge is -2.13. The molecule has 108 valence electrons.